The minimum atomic E-state index is -0.787. The second-order valence-corrected chi connectivity index (χ2v) is 4.89. The SMILES string of the molecule is Cc1cccc(NC(=O)CN2CCCC(F)C2)c1. The number of carbonyl (C=O) groups is 1. The fourth-order valence-electron chi connectivity index (χ4n) is 2.27. The number of likely N-dealkylation sites (tertiary alicyclic amines) is 1. The predicted octanol–water partition coefficient (Wildman–Crippen LogP) is 2.37. The summed E-state index contributed by atoms with van der Waals surface area (Å²) in [5.74, 6) is -0.0744. The van der Waals surface area contributed by atoms with Gasteiger partial charge in [0.15, 0.2) is 0 Å². The van der Waals surface area contributed by atoms with Crippen molar-refractivity contribution < 1.29 is 9.18 Å². The second kappa shape index (κ2) is 5.96. The quantitative estimate of drug-likeness (QED) is 0.893. The Balaban J connectivity index is 1.85. The third-order valence-corrected chi connectivity index (χ3v) is 3.12. The van der Waals surface area contributed by atoms with Crippen LogP contribution in [0.3, 0.4) is 0 Å². The van der Waals surface area contributed by atoms with E-state index in [0.717, 1.165) is 24.2 Å². The molecule has 1 amide bonds. The molecule has 98 valence electrons. The molecule has 3 nitrogen and oxygen atoms in total. The summed E-state index contributed by atoms with van der Waals surface area (Å²) in [5, 5.41) is 2.84. The van der Waals surface area contributed by atoms with Crippen LogP contribution in [0.2, 0.25) is 0 Å². The average molecular weight is 250 g/mol. The van der Waals surface area contributed by atoms with Crippen LogP contribution in [0.15, 0.2) is 24.3 Å². The summed E-state index contributed by atoms with van der Waals surface area (Å²) in [4.78, 5) is 13.7. The normalized spacial score (nSPS) is 20.7. The van der Waals surface area contributed by atoms with E-state index in [2.05, 4.69) is 5.32 Å². The zero-order valence-electron chi connectivity index (χ0n) is 10.7. The van der Waals surface area contributed by atoms with Crippen LogP contribution in [0, 0.1) is 6.92 Å². The summed E-state index contributed by atoms with van der Waals surface area (Å²) in [6.45, 7) is 3.44. The summed E-state index contributed by atoms with van der Waals surface area (Å²) < 4.78 is 13.2. The molecule has 0 aromatic heterocycles. The van der Waals surface area contributed by atoms with Crippen molar-refractivity contribution in [1.82, 2.24) is 4.90 Å². The lowest BCUT2D eigenvalue weighted by atomic mass is 10.1. The second-order valence-electron chi connectivity index (χ2n) is 4.89. The molecule has 0 radical (unpaired) electrons. The largest absolute Gasteiger partial charge is 0.325 e. The standard InChI is InChI=1S/C14H19FN2O/c1-11-4-2-6-13(8-11)16-14(18)10-17-7-3-5-12(15)9-17/h2,4,6,8,12H,3,5,7,9-10H2,1H3,(H,16,18). The molecule has 0 spiro atoms. The summed E-state index contributed by atoms with van der Waals surface area (Å²) in [6.07, 6.45) is 0.667. The maximum absolute atomic E-state index is 13.2. The van der Waals surface area contributed by atoms with E-state index in [1.807, 2.05) is 36.1 Å². The number of hydrogen-bond donors (Lipinski definition) is 1. The Bertz CT molecular complexity index is 422. The van der Waals surface area contributed by atoms with Gasteiger partial charge >= 0.3 is 0 Å². The van der Waals surface area contributed by atoms with Crippen LogP contribution in [0.1, 0.15) is 18.4 Å². The summed E-state index contributed by atoms with van der Waals surface area (Å²) in [6, 6.07) is 7.67. The highest BCUT2D eigenvalue weighted by Gasteiger charge is 2.20. The molecule has 1 atom stereocenters. The molecule has 1 fully saturated rings. The Morgan fingerprint density at radius 2 is 2.39 bits per heavy atom. The van der Waals surface area contributed by atoms with Crippen molar-refractivity contribution in [2.75, 3.05) is 25.0 Å². The molecule has 1 N–H and O–H groups in total. The Morgan fingerprint density at radius 3 is 3.11 bits per heavy atom. The van der Waals surface area contributed by atoms with Gasteiger partial charge in [0, 0.05) is 12.2 Å². The van der Waals surface area contributed by atoms with Crippen molar-refractivity contribution in [2.45, 2.75) is 25.9 Å². The third-order valence-electron chi connectivity index (χ3n) is 3.12. The molecule has 18 heavy (non-hydrogen) atoms. The summed E-state index contributed by atoms with van der Waals surface area (Å²) in [7, 11) is 0. The Hall–Kier alpha value is -1.42. The van der Waals surface area contributed by atoms with Crippen molar-refractivity contribution in [3.05, 3.63) is 29.8 Å². The summed E-state index contributed by atoms with van der Waals surface area (Å²) >= 11 is 0. The van der Waals surface area contributed by atoms with E-state index in [0.29, 0.717) is 13.0 Å². The first-order valence-corrected chi connectivity index (χ1v) is 6.36. The van der Waals surface area contributed by atoms with Gasteiger partial charge in [-0.05, 0) is 44.0 Å². The van der Waals surface area contributed by atoms with Crippen LogP contribution in [-0.2, 0) is 4.79 Å². The maximum atomic E-state index is 13.2. The van der Waals surface area contributed by atoms with Crippen molar-refractivity contribution >= 4 is 11.6 Å². The molecule has 1 aliphatic rings. The molecule has 0 saturated carbocycles. The molecule has 1 aliphatic heterocycles. The van der Waals surface area contributed by atoms with Crippen molar-refractivity contribution in [1.29, 1.82) is 0 Å². The van der Waals surface area contributed by atoms with Gasteiger partial charge in [-0.25, -0.2) is 4.39 Å². The molecule has 1 heterocycles. The molecule has 1 aromatic rings. The monoisotopic (exact) mass is 250 g/mol. The zero-order valence-corrected chi connectivity index (χ0v) is 10.7. The Labute approximate surface area is 107 Å². The van der Waals surface area contributed by atoms with Crippen LogP contribution in [0.25, 0.3) is 0 Å². The van der Waals surface area contributed by atoms with Crippen LogP contribution in [-0.4, -0.2) is 36.6 Å². The first-order valence-electron chi connectivity index (χ1n) is 6.36. The fraction of sp³-hybridized carbons (Fsp3) is 0.500. The molecule has 1 aromatic carbocycles. The van der Waals surface area contributed by atoms with Gasteiger partial charge in [-0.15, -0.1) is 0 Å². The Kier molecular flexibility index (Phi) is 4.31. The molecule has 4 heteroatoms. The van der Waals surface area contributed by atoms with Gasteiger partial charge in [-0.1, -0.05) is 12.1 Å². The average Bonchev–Trinajstić information content (AvgIpc) is 2.28. The van der Waals surface area contributed by atoms with Gasteiger partial charge < -0.3 is 5.32 Å². The molecule has 0 bridgehead atoms. The number of benzene rings is 1. The Morgan fingerprint density at radius 1 is 1.56 bits per heavy atom. The van der Waals surface area contributed by atoms with Gasteiger partial charge in [-0.3, -0.25) is 9.69 Å². The highest BCUT2D eigenvalue weighted by molar-refractivity contribution is 5.92. The van der Waals surface area contributed by atoms with Crippen LogP contribution >= 0.6 is 0 Å². The first kappa shape index (κ1) is 13.0. The van der Waals surface area contributed by atoms with E-state index >= 15 is 0 Å². The highest BCUT2D eigenvalue weighted by atomic mass is 19.1. The van der Waals surface area contributed by atoms with Crippen LogP contribution in [0.4, 0.5) is 10.1 Å². The number of aryl methyl sites for hydroxylation is 1. The molecule has 2 rings (SSSR count). The van der Waals surface area contributed by atoms with Gasteiger partial charge in [0.05, 0.1) is 6.54 Å². The minimum Gasteiger partial charge on any atom is -0.325 e. The van der Waals surface area contributed by atoms with Crippen molar-refractivity contribution in [2.24, 2.45) is 0 Å². The zero-order chi connectivity index (χ0) is 13.0. The topological polar surface area (TPSA) is 32.3 Å². The van der Waals surface area contributed by atoms with E-state index in [4.69, 9.17) is 0 Å². The number of carbonyl (C=O) groups excluding carboxylic acids is 1. The van der Waals surface area contributed by atoms with E-state index in [-0.39, 0.29) is 12.5 Å². The lowest BCUT2D eigenvalue weighted by Crippen LogP contribution is -2.41. The number of hydrogen-bond acceptors (Lipinski definition) is 2. The van der Waals surface area contributed by atoms with E-state index < -0.39 is 6.17 Å². The number of amides is 1. The number of rotatable bonds is 3. The third kappa shape index (κ3) is 3.81. The van der Waals surface area contributed by atoms with E-state index in [9.17, 15) is 9.18 Å². The first-order chi connectivity index (χ1) is 8.63. The predicted molar refractivity (Wildman–Crippen MR) is 70.4 cm³/mol. The smallest absolute Gasteiger partial charge is 0.238 e. The van der Waals surface area contributed by atoms with E-state index in [1.54, 1.807) is 0 Å². The van der Waals surface area contributed by atoms with Crippen LogP contribution < -0.4 is 5.32 Å². The lowest BCUT2D eigenvalue weighted by Gasteiger charge is -2.28. The molecular formula is C14H19FN2O. The number of anilines is 1. The van der Waals surface area contributed by atoms with Crippen molar-refractivity contribution in [3.63, 3.8) is 0 Å². The number of halogens is 1. The van der Waals surface area contributed by atoms with Gasteiger partial charge in [0.1, 0.15) is 6.17 Å². The fourth-order valence-corrected chi connectivity index (χ4v) is 2.27. The summed E-state index contributed by atoms with van der Waals surface area (Å²) in [5.41, 5.74) is 1.91. The number of nitrogens with zero attached hydrogens (tertiary/aromatic N) is 1. The lowest BCUT2D eigenvalue weighted by molar-refractivity contribution is -0.117. The molecule has 1 saturated heterocycles. The van der Waals surface area contributed by atoms with Gasteiger partial charge in [0.2, 0.25) is 5.91 Å². The number of piperidine rings is 1. The minimum absolute atomic E-state index is 0.0744. The van der Waals surface area contributed by atoms with Crippen molar-refractivity contribution in [3.8, 4) is 0 Å². The van der Waals surface area contributed by atoms with Gasteiger partial charge in [-0.2, -0.15) is 0 Å². The maximum Gasteiger partial charge on any atom is 0.238 e. The number of nitrogens with one attached hydrogen (secondary N) is 1. The highest BCUT2D eigenvalue weighted by Crippen LogP contribution is 2.13. The van der Waals surface area contributed by atoms with E-state index in [1.165, 1.54) is 0 Å². The number of alkyl halides is 1. The van der Waals surface area contributed by atoms with Crippen LogP contribution in [0.5, 0.6) is 0 Å². The van der Waals surface area contributed by atoms with Gasteiger partial charge in [0.25, 0.3) is 0 Å². The molecular weight excluding hydrogens is 231 g/mol. The molecule has 1 unspecified atom stereocenters. The molecule has 0 aliphatic carbocycles.